The van der Waals surface area contributed by atoms with Crippen LogP contribution < -0.4 is 10.6 Å². The Morgan fingerprint density at radius 2 is 2.04 bits per heavy atom. The van der Waals surface area contributed by atoms with Gasteiger partial charge in [0.25, 0.3) is 5.91 Å². The summed E-state index contributed by atoms with van der Waals surface area (Å²) in [5.41, 5.74) is 0.775. The third kappa shape index (κ3) is 4.08. The molecule has 0 aliphatic rings. The zero-order chi connectivity index (χ0) is 18.5. The molecule has 0 radical (unpaired) electrons. The number of carbonyl (C=O) groups excluding carboxylic acids is 2. The normalized spacial score (nSPS) is 12.3. The summed E-state index contributed by atoms with van der Waals surface area (Å²) in [4.78, 5) is 25.3. The SMILES string of the molecule is CC(C)C(NC(=O)c1cccs1)C(=O)NCCc1nnc2ccccn12. The summed E-state index contributed by atoms with van der Waals surface area (Å²) in [5, 5.41) is 15.8. The van der Waals surface area contributed by atoms with E-state index < -0.39 is 6.04 Å². The molecular formula is C18H21N5O2S. The van der Waals surface area contributed by atoms with Gasteiger partial charge >= 0.3 is 0 Å². The summed E-state index contributed by atoms with van der Waals surface area (Å²) in [6.45, 7) is 4.24. The second-order valence-electron chi connectivity index (χ2n) is 6.26. The van der Waals surface area contributed by atoms with E-state index in [-0.39, 0.29) is 17.7 Å². The Kier molecular flexibility index (Phi) is 5.62. The third-order valence-electron chi connectivity index (χ3n) is 4.01. The van der Waals surface area contributed by atoms with E-state index in [1.165, 1.54) is 11.3 Å². The molecule has 0 bridgehead atoms. The lowest BCUT2D eigenvalue weighted by atomic mass is 10.0. The molecule has 2 N–H and O–H groups in total. The van der Waals surface area contributed by atoms with Gasteiger partial charge in [-0.25, -0.2) is 0 Å². The summed E-state index contributed by atoms with van der Waals surface area (Å²) in [6.07, 6.45) is 2.45. The summed E-state index contributed by atoms with van der Waals surface area (Å²) in [6, 6.07) is 8.66. The highest BCUT2D eigenvalue weighted by atomic mass is 32.1. The van der Waals surface area contributed by atoms with E-state index >= 15 is 0 Å². The number of carbonyl (C=O) groups is 2. The molecular weight excluding hydrogens is 350 g/mol. The second kappa shape index (κ2) is 8.09. The van der Waals surface area contributed by atoms with Crippen molar-refractivity contribution >= 4 is 28.8 Å². The summed E-state index contributed by atoms with van der Waals surface area (Å²) in [7, 11) is 0. The van der Waals surface area contributed by atoms with Gasteiger partial charge < -0.3 is 10.6 Å². The standard InChI is InChI=1S/C18H21N5O2S/c1-12(2)16(20-17(24)13-6-5-11-26-13)18(25)19-9-8-15-22-21-14-7-3-4-10-23(14)15/h3-7,10-12,16H,8-9H2,1-2H3,(H,19,25)(H,20,24). The molecule has 2 amide bonds. The highest BCUT2D eigenvalue weighted by Crippen LogP contribution is 2.10. The van der Waals surface area contributed by atoms with Crippen LogP contribution in [0, 0.1) is 5.92 Å². The number of pyridine rings is 1. The Balaban J connectivity index is 1.57. The maximum absolute atomic E-state index is 12.5. The van der Waals surface area contributed by atoms with Gasteiger partial charge in [0.2, 0.25) is 5.91 Å². The number of nitrogens with zero attached hydrogens (tertiary/aromatic N) is 3. The fraction of sp³-hybridized carbons (Fsp3) is 0.333. The van der Waals surface area contributed by atoms with Gasteiger partial charge in [-0.15, -0.1) is 21.5 Å². The summed E-state index contributed by atoms with van der Waals surface area (Å²) in [5.74, 6) is 0.341. The predicted molar refractivity (Wildman–Crippen MR) is 100 cm³/mol. The average molecular weight is 371 g/mol. The van der Waals surface area contributed by atoms with E-state index in [2.05, 4.69) is 20.8 Å². The summed E-state index contributed by atoms with van der Waals surface area (Å²) < 4.78 is 1.89. The number of rotatable bonds is 7. The van der Waals surface area contributed by atoms with Crippen LogP contribution in [0.5, 0.6) is 0 Å². The molecule has 26 heavy (non-hydrogen) atoms. The molecule has 0 aliphatic heterocycles. The van der Waals surface area contributed by atoms with Crippen molar-refractivity contribution in [2.24, 2.45) is 5.92 Å². The van der Waals surface area contributed by atoms with Gasteiger partial charge in [0.15, 0.2) is 5.65 Å². The van der Waals surface area contributed by atoms with Crippen molar-refractivity contribution in [3.8, 4) is 0 Å². The average Bonchev–Trinajstić information content (AvgIpc) is 3.29. The predicted octanol–water partition coefficient (Wildman–Crippen LogP) is 1.90. The molecule has 136 valence electrons. The van der Waals surface area contributed by atoms with Crippen LogP contribution in [0.1, 0.15) is 29.3 Å². The molecule has 3 heterocycles. The molecule has 1 unspecified atom stereocenters. The van der Waals surface area contributed by atoms with E-state index in [1.807, 2.05) is 54.1 Å². The van der Waals surface area contributed by atoms with Gasteiger partial charge in [-0.1, -0.05) is 26.0 Å². The van der Waals surface area contributed by atoms with Crippen LogP contribution in [0.25, 0.3) is 5.65 Å². The first kappa shape index (κ1) is 18.1. The van der Waals surface area contributed by atoms with Crippen LogP contribution in [-0.4, -0.2) is 39.0 Å². The zero-order valence-corrected chi connectivity index (χ0v) is 15.5. The second-order valence-corrected chi connectivity index (χ2v) is 7.21. The van der Waals surface area contributed by atoms with Gasteiger partial charge in [-0.3, -0.25) is 14.0 Å². The molecule has 7 nitrogen and oxygen atoms in total. The van der Waals surface area contributed by atoms with E-state index in [9.17, 15) is 9.59 Å². The van der Waals surface area contributed by atoms with Gasteiger partial charge in [0.05, 0.1) is 4.88 Å². The van der Waals surface area contributed by atoms with Crippen molar-refractivity contribution in [3.05, 3.63) is 52.6 Å². The topological polar surface area (TPSA) is 88.4 Å². The van der Waals surface area contributed by atoms with Crippen molar-refractivity contribution in [1.82, 2.24) is 25.2 Å². The van der Waals surface area contributed by atoms with Crippen molar-refractivity contribution in [2.75, 3.05) is 6.54 Å². The Morgan fingerprint density at radius 3 is 2.77 bits per heavy atom. The fourth-order valence-electron chi connectivity index (χ4n) is 2.62. The smallest absolute Gasteiger partial charge is 0.262 e. The lowest BCUT2D eigenvalue weighted by Gasteiger charge is -2.21. The van der Waals surface area contributed by atoms with Crippen LogP contribution in [0.3, 0.4) is 0 Å². The number of hydrogen-bond acceptors (Lipinski definition) is 5. The first-order valence-electron chi connectivity index (χ1n) is 8.47. The van der Waals surface area contributed by atoms with E-state index in [0.29, 0.717) is 17.8 Å². The number of nitrogens with one attached hydrogen (secondary N) is 2. The van der Waals surface area contributed by atoms with Crippen LogP contribution in [0.2, 0.25) is 0 Å². The van der Waals surface area contributed by atoms with Gasteiger partial charge in [0, 0.05) is 19.2 Å². The molecule has 3 aromatic heterocycles. The molecule has 0 saturated heterocycles. The van der Waals surface area contributed by atoms with E-state index in [1.54, 1.807) is 6.07 Å². The highest BCUT2D eigenvalue weighted by Gasteiger charge is 2.24. The van der Waals surface area contributed by atoms with Crippen molar-refractivity contribution in [1.29, 1.82) is 0 Å². The molecule has 0 fully saturated rings. The number of fused-ring (bicyclic) bond motifs is 1. The van der Waals surface area contributed by atoms with Gasteiger partial charge in [-0.05, 0) is 29.5 Å². The number of hydrogen-bond donors (Lipinski definition) is 2. The molecule has 0 saturated carbocycles. The minimum Gasteiger partial charge on any atom is -0.354 e. The molecule has 0 spiro atoms. The number of amides is 2. The Bertz CT molecular complexity index is 888. The Labute approximate surface area is 155 Å². The molecule has 8 heteroatoms. The first-order chi connectivity index (χ1) is 12.6. The first-order valence-corrected chi connectivity index (χ1v) is 9.35. The Hall–Kier alpha value is -2.74. The van der Waals surface area contributed by atoms with Crippen LogP contribution >= 0.6 is 11.3 Å². The van der Waals surface area contributed by atoms with Gasteiger partial charge in [0.1, 0.15) is 11.9 Å². The maximum Gasteiger partial charge on any atom is 0.262 e. The third-order valence-corrected chi connectivity index (χ3v) is 4.88. The monoisotopic (exact) mass is 371 g/mol. The molecule has 3 aromatic rings. The fourth-order valence-corrected chi connectivity index (χ4v) is 3.25. The zero-order valence-electron chi connectivity index (χ0n) is 14.7. The Morgan fingerprint density at radius 1 is 1.19 bits per heavy atom. The lowest BCUT2D eigenvalue weighted by Crippen LogP contribution is -2.50. The van der Waals surface area contributed by atoms with Crippen molar-refractivity contribution in [3.63, 3.8) is 0 Å². The number of thiophene rings is 1. The van der Waals surface area contributed by atoms with Crippen LogP contribution in [0.15, 0.2) is 41.9 Å². The molecule has 1 atom stereocenters. The van der Waals surface area contributed by atoms with Crippen LogP contribution in [-0.2, 0) is 11.2 Å². The summed E-state index contributed by atoms with van der Waals surface area (Å²) >= 11 is 1.35. The highest BCUT2D eigenvalue weighted by molar-refractivity contribution is 7.12. The minimum absolute atomic E-state index is 0.0205. The number of aromatic nitrogens is 3. The molecule has 3 rings (SSSR count). The van der Waals surface area contributed by atoms with E-state index in [0.717, 1.165) is 11.5 Å². The maximum atomic E-state index is 12.5. The largest absolute Gasteiger partial charge is 0.354 e. The van der Waals surface area contributed by atoms with Crippen LogP contribution in [0.4, 0.5) is 0 Å². The van der Waals surface area contributed by atoms with Crippen molar-refractivity contribution in [2.45, 2.75) is 26.3 Å². The van der Waals surface area contributed by atoms with E-state index in [4.69, 9.17) is 0 Å². The molecule has 0 aliphatic carbocycles. The minimum atomic E-state index is -0.584. The quantitative estimate of drug-likeness (QED) is 0.664. The van der Waals surface area contributed by atoms with Crippen molar-refractivity contribution < 1.29 is 9.59 Å². The van der Waals surface area contributed by atoms with Gasteiger partial charge in [-0.2, -0.15) is 0 Å². The lowest BCUT2D eigenvalue weighted by molar-refractivity contribution is -0.123. The molecule has 0 aromatic carbocycles.